The maximum atomic E-state index is 12.2. The number of Topliss-reactive ketones (excluding diaryl/α,β-unsaturated/α-hetero) is 1. The average molecular weight is 403 g/mol. The number of benzene rings is 2. The van der Waals surface area contributed by atoms with Crippen LogP contribution in [-0.4, -0.2) is 36.4 Å². The summed E-state index contributed by atoms with van der Waals surface area (Å²) in [5.74, 6) is 0.476. The molecule has 0 aliphatic rings. The third kappa shape index (κ3) is 5.41. The second-order valence-electron chi connectivity index (χ2n) is 5.90. The molecular weight excluding hydrogens is 386 g/mol. The predicted octanol–water partition coefficient (Wildman–Crippen LogP) is 3.39. The van der Waals surface area contributed by atoms with E-state index in [4.69, 9.17) is 4.42 Å². The molecule has 0 aliphatic carbocycles. The van der Waals surface area contributed by atoms with E-state index >= 15 is 0 Å². The van der Waals surface area contributed by atoms with Crippen LogP contribution in [0.2, 0.25) is 0 Å². The molecule has 0 bridgehead atoms. The van der Waals surface area contributed by atoms with Gasteiger partial charge < -0.3 is 4.42 Å². The van der Waals surface area contributed by atoms with Crippen molar-refractivity contribution in [2.45, 2.75) is 12.1 Å². The van der Waals surface area contributed by atoms with Crippen LogP contribution in [0.1, 0.15) is 15.9 Å². The largest absolute Gasteiger partial charge is 0.411 e. The number of sulfonamides is 1. The third-order valence-electron chi connectivity index (χ3n) is 3.54. The zero-order chi connectivity index (χ0) is 19.4. The molecule has 3 aromatic rings. The lowest BCUT2D eigenvalue weighted by molar-refractivity contribution is 0.102. The molecule has 1 aromatic heterocycles. The average Bonchev–Trinajstić information content (AvgIpc) is 3.08. The number of thioether (sulfide) groups is 1. The fourth-order valence-corrected chi connectivity index (χ4v) is 3.45. The maximum Gasteiger partial charge on any atom is 0.277 e. The van der Waals surface area contributed by atoms with E-state index in [1.54, 1.807) is 36.4 Å². The molecule has 0 spiro atoms. The van der Waals surface area contributed by atoms with E-state index in [1.165, 1.54) is 11.8 Å². The topological polar surface area (TPSA) is 102 Å². The summed E-state index contributed by atoms with van der Waals surface area (Å²) in [5.41, 5.74) is 2.83. The summed E-state index contributed by atoms with van der Waals surface area (Å²) in [4.78, 5) is 12.2. The van der Waals surface area contributed by atoms with Crippen molar-refractivity contribution in [1.82, 2.24) is 10.2 Å². The lowest BCUT2D eigenvalue weighted by atomic mass is 10.1. The van der Waals surface area contributed by atoms with Gasteiger partial charge in [-0.25, -0.2) is 8.42 Å². The number of carbonyl (C=O) groups excluding carboxylic acids is 1. The van der Waals surface area contributed by atoms with Crippen LogP contribution >= 0.6 is 11.8 Å². The summed E-state index contributed by atoms with van der Waals surface area (Å²) in [7, 11) is -3.33. The van der Waals surface area contributed by atoms with Gasteiger partial charge in [-0.2, -0.15) is 0 Å². The normalized spacial score (nSPS) is 11.3. The van der Waals surface area contributed by atoms with Gasteiger partial charge >= 0.3 is 0 Å². The summed E-state index contributed by atoms with van der Waals surface area (Å²) in [6.45, 7) is 1.97. The highest BCUT2D eigenvalue weighted by Gasteiger charge is 2.13. The van der Waals surface area contributed by atoms with Gasteiger partial charge in [-0.15, -0.1) is 10.2 Å². The molecule has 9 heteroatoms. The van der Waals surface area contributed by atoms with Crippen LogP contribution in [0.3, 0.4) is 0 Å². The second-order valence-corrected chi connectivity index (χ2v) is 8.58. The minimum atomic E-state index is -3.33. The summed E-state index contributed by atoms with van der Waals surface area (Å²) >= 11 is 1.17. The summed E-state index contributed by atoms with van der Waals surface area (Å²) in [6, 6.07) is 13.9. The quantitative estimate of drug-likeness (QED) is 0.476. The number of aromatic nitrogens is 2. The van der Waals surface area contributed by atoms with E-state index in [9.17, 15) is 13.2 Å². The fourth-order valence-electron chi connectivity index (χ4n) is 2.23. The van der Waals surface area contributed by atoms with E-state index in [1.807, 2.05) is 19.1 Å². The van der Waals surface area contributed by atoms with Gasteiger partial charge in [0, 0.05) is 16.8 Å². The zero-order valence-corrected chi connectivity index (χ0v) is 16.3. The van der Waals surface area contributed by atoms with Gasteiger partial charge in [0.15, 0.2) is 5.78 Å². The van der Waals surface area contributed by atoms with E-state index in [-0.39, 0.29) is 11.5 Å². The lowest BCUT2D eigenvalue weighted by Crippen LogP contribution is -2.09. The van der Waals surface area contributed by atoms with Gasteiger partial charge in [-0.3, -0.25) is 9.52 Å². The van der Waals surface area contributed by atoms with E-state index in [2.05, 4.69) is 14.9 Å². The highest BCUT2D eigenvalue weighted by Crippen LogP contribution is 2.25. The number of carbonyl (C=O) groups is 1. The number of anilines is 1. The number of ketones is 1. The third-order valence-corrected chi connectivity index (χ3v) is 4.97. The Morgan fingerprint density at radius 1 is 1.07 bits per heavy atom. The first-order valence-electron chi connectivity index (χ1n) is 7.94. The van der Waals surface area contributed by atoms with Crippen LogP contribution in [0, 0.1) is 6.92 Å². The van der Waals surface area contributed by atoms with Gasteiger partial charge in [0.2, 0.25) is 15.9 Å². The Morgan fingerprint density at radius 3 is 2.37 bits per heavy atom. The molecule has 0 aliphatic heterocycles. The molecule has 140 valence electrons. The van der Waals surface area contributed by atoms with Gasteiger partial charge in [-0.05, 0) is 31.2 Å². The Hall–Kier alpha value is -2.65. The number of hydrogen-bond acceptors (Lipinski definition) is 7. The first-order chi connectivity index (χ1) is 12.8. The summed E-state index contributed by atoms with van der Waals surface area (Å²) in [6.07, 6.45) is 1.08. The van der Waals surface area contributed by atoms with E-state index in [0.29, 0.717) is 27.9 Å². The van der Waals surface area contributed by atoms with Crippen molar-refractivity contribution in [3.05, 3.63) is 59.7 Å². The molecule has 0 fully saturated rings. The number of hydrogen-bond donors (Lipinski definition) is 1. The van der Waals surface area contributed by atoms with Crippen molar-refractivity contribution in [2.24, 2.45) is 0 Å². The van der Waals surface area contributed by atoms with Crippen LogP contribution in [0.15, 0.2) is 58.2 Å². The Labute approximate surface area is 161 Å². The molecule has 0 radical (unpaired) electrons. The Balaban J connectivity index is 1.62. The summed E-state index contributed by atoms with van der Waals surface area (Å²) < 4.78 is 30.4. The monoisotopic (exact) mass is 403 g/mol. The molecule has 0 saturated heterocycles. The van der Waals surface area contributed by atoms with Crippen LogP contribution in [0.5, 0.6) is 0 Å². The smallest absolute Gasteiger partial charge is 0.277 e. The van der Waals surface area contributed by atoms with Crippen molar-refractivity contribution in [3.63, 3.8) is 0 Å². The number of nitrogens with zero attached hydrogens (tertiary/aromatic N) is 2. The lowest BCUT2D eigenvalue weighted by Gasteiger charge is -2.03. The molecule has 0 amide bonds. The molecule has 1 heterocycles. The standard InChI is InChI=1S/C18H17N3O4S2/c1-12-3-5-13(6-4-12)16(22)11-26-18-20-19-17(25-18)14-7-9-15(10-8-14)21-27(2,23)24/h3-10,21H,11H2,1-2H3. The van der Waals surface area contributed by atoms with Crippen molar-refractivity contribution in [3.8, 4) is 11.5 Å². The molecule has 0 unspecified atom stereocenters. The first kappa shape index (κ1) is 19.1. The van der Waals surface area contributed by atoms with Crippen molar-refractivity contribution in [1.29, 1.82) is 0 Å². The Morgan fingerprint density at radius 2 is 1.74 bits per heavy atom. The highest BCUT2D eigenvalue weighted by atomic mass is 32.2. The molecule has 7 nitrogen and oxygen atoms in total. The first-order valence-corrected chi connectivity index (χ1v) is 10.8. The van der Waals surface area contributed by atoms with E-state index in [0.717, 1.165) is 11.8 Å². The molecule has 27 heavy (non-hydrogen) atoms. The number of aryl methyl sites for hydroxylation is 1. The fraction of sp³-hybridized carbons (Fsp3) is 0.167. The SMILES string of the molecule is Cc1ccc(C(=O)CSc2nnc(-c3ccc(NS(C)(=O)=O)cc3)o2)cc1. The maximum absolute atomic E-state index is 12.2. The van der Waals surface area contributed by atoms with Crippen LogP contribution in [0.4, 0.5) is 5.69 Å². The van der Waals surface area contributed by atoms with Crippen LogP contribution < -0.4 is 4.72 Å². The van der Waals surface area contributed by atoms with Gasteiger partial charge in [0.25, 0.3) is 5.22 Å². The predicted molar refractivity (Wildman–Crippen MR) is 104 cm³/mol. The second kappa shape index (κ2) is 7.93. The van der Waals surface area contributed by atoms with Crippen LogP contribution in [0.25, 0.3) is 11.5 Å². The number of rotatable bonds is 7. The van der Waals surface area contributed by atoms with Crippen molar-refractivity contribution < 1.29 is 17.6 Å². The molecule has 0 saturated carbocycles. The number of nitrogens with one attached hydrogen (secondary N) is 1. The minimum absolute atomic E-state index is 0.0176. The van der Waals surface area contributed by atoms with Gasteiger partial charge in [0.05, 0.1) is 12.0 Å². The van der Waals surface area contributed by atoms with Gasteiger partial charge in [0.1, 0.15) is 0 Å². The van der Waals surface area contributed by atoms with Gasteiger partial charge in [-0.1, -0.05) is 41.6 Å². The Bertz CT molecular complexity index is 1040. The van der Waals surface area contributed by atoms with Crippen molar-refractivity contribution >= 4 is 33.3 Å². The molecule has 0 atom stereocenters. The molecule has 1 N–H and O–H groups in total. The minimum Gasteiger partial charge on any atom is -0.411 e. The Kier molecular flexibility index (Phi) is 5.62. The molecule has 3 rings (SSSR count). The van der Waals surface area contributed by atoms with E-state index < -0.39 is 10.0 Å². The van der Waals surface area contributed by atoms with Crippen LogP contribution in [-0.2, 0) is 10.0 Å². The zero-order valence-electron chi connectivity index (χ0n) is 14.7. The highest BCUT2D eigenvalue weighted by molar-refractivity contribution is 7.99. The molecule has 2 aromatic carbocycles. The molecular formula is C18H17N3O4S2. The van der Waals surface area contributed by atoms with Crippen molar-refractivity contribution in [2.75, 3.05) is 16.7 Å². The summed E-state index contributed by atoms with van der Waals surface area (Å²) in [5, 5.41) is 8.20.